The van der Waals surface area contributed by atoms with E-state index in [-0.39, 0.29) is 6.03 Å². The fourth-order valence-electron chi connectivity index (χ4n) is 3.81. The first kappa shape index (κ1) is 19.3. The number of aromatic nitrogens is 2. The topological polar surface area (TPSA) is 73.8 Å². The van der Waals surface area contributed by atoms with Crippen molar-refractivity contribution < 1.29 is 9.53 Å². The molecule has 1 aromatic heterocycles. The highest BCUT2D eigenvalue weighted by Gasteiger charge is 2.23. The van der Waals surface area contributed by atoms with Crippen molar-refractivity contribution in [3.63, 3.8) is 0 Å². The molecular weight excluding hydrogens is 368 g/mol. The van der Waals surface area contributed by atoms with E-state index in [9.17, 15) is 4.79 Å². The molecular formula is C21H28N6O2. The maximum atomic E-state index is 12.7. The minimum atomic E-state index is -0.0998. The van der Waals surface area contributed by atoms with Gasteiger partial charge in [-0.3, -0.25) is 0 Å². The van der Waals surface area contributed by atoms with E-state index in [0.29, 0.717) is 31.1 Å². The summed E-state index contributed by atoms with van der Waals surface area (Å²) in [4.78, 5) is 28.0. The van der Waals surface area contributed by atoms with Gasteiger partial charge < -0.3 is 24.8 Å². The number of nitrogens with zero attached hydrogens (tertiary/aromatic N) is 5. The number of carbonyl (C=O) groups excluding carboxylic acids is 1. The predicted molar refractivity (Wildman–Crippen MR) is 114 cm³/mol. The van der Waals surface area contributed by atoms with Gasteiger partial charge in [0.05, 0.1) is 12.3 Å². The molecule has 0 atom stereocenters. The molecule has 154 valence electrons. The highest BCUT2D eigenvalue weighted by Crippen LogP contribution is 2.25. The second-order valence-corrected chi connectivity index (χ2v) is 7.26. The lowest BCUT2D eigenvalue weighted by molar-refractivity contribution is 0.208. The minimum Gasteiger partial charge on any atom is -0.492 e. The van der Waals surface area contributed by atoms with Crippen molar-refractivity contribution in [2.24, 2.45) is 0 Å². The molecule has 0 unspecified atom stereocenters. The fraction of sp³-hybridized carbons (Fsp3) is 0.476. The average Bonchev–Trinajstić information content (AvgIpc) is 3.31. The lowest BCUT2D eigenvalue weighted by Crippen LogP contribution is -2.50. The number of piperazine rings is 1. The average molecular weight is 396 g/mol. The van der Waals surface area contributed by atoms with Crippen LogP contribution in [0.1, 0.15) is 19.8 Å². The van der Waals surface area contributed by atoms with Gasteiger partial charge in [-0.15, -0.1) is 0 Å². The molecule has 2 saturated heterocycles. The Morgan fingerprint density at radius 1 is 1.00 bits per heavy atom. The van der Waals surface area contributed by atoms with Crippen LogP contribution in [-0.2, 0) is 0 Å². The Morgan fingerprint density at radius 3 is 2.34 bits per heavy atom. The van der Waals surface area contributed by atoms with Crippen LogP contribution in [0.5, 0.6) is 5.75 Å². The zero-order valence-electron chi connectivity index (χ0n) is 16.9. The number of para-hydroxylation sites is 2. The summed E-state index contributed by atoms with van der Waals surface area (Å²) in [5.74, 6) is 2.63. The van der Waals surface area contributed by atoms with E-state index in [4.69, 9.17) is 4.74 Å². The molecule has 29 heavy (non-hydrogen) atoms. The fourth-order valence-corrected chi connectivity index (χ4v) is 3.81. The van der Waals surface area contributed by atoms with Gasteiger partial charge in [-0.1, -0.05) is 12.1 Å². The summed E-state index contributed by atoms with van der Waals surface area (Å²) in [7, 11) is 0. The van der Waals surface area contributed by atoms with Crippen molar-refractivity contribution in [3.8, 4) is 5.75 Å². The van der Waals surface area contributed by atoms with Gasteiger partial charge in [0.1, 0.15) is 23.7 Å². The Morgan fingerprint density at radius 2 is 1.66 bits per heavy atom. The van der Waals surface area contributed by atoms with Gasteiger partial charge in [-0.25, -0.2) is 14.8 Å². The number of amides is 2. The maximum Gasteiger partial charge on any atom is 0.322 e. The predicted octanol–water partition coefficient (Wildman–Crippen LogP) is 2.83. The molecule has 0 aliphatic carbocycles. The first-order valence-electron chi connectivity index (χ1n) is 10.3. The first-order chi connectivity index (χ1) is 14.2. The molecule has 2 fully saturated rings. The molecule has 2 aliphatic rings. The van der Waals surface area contributed by atoms with Crippen LogP contribution < -0.4 is 19.9 Å². The zero-order valence-corrected chi connectivity index (χ0v) is 16.9. The Hall–Kier alpha value is -3.03. The van der Waals surface area contributed by atoms with E-state index in [0.717, 1.165) is 37.8 Å². The molecule has 1 N–H and O–H groups in total. The van der Waals surface area contributed by atoms with Gasteiger partial charge in [0, 0.05) is 45.3 Å². The standard InChI is InChI=1S/C21H28N6O2/c1-2-29-18-8-4-3-7-17(18)24-21(28)27-13-11-26(12-14-27)20-15-19(22-16-23-20)25-9-5-6-10-25/h3-4,7-8,15-16H,2,5-6,9-14H2,1H3,(H,24,28). The first-order valence-corrected chi connectivity index (χ1v) is 10.3. The van der Waals surface area contributed by atoms with Crippen LogP contribution in [0.4, 0.5) is 22.1 Å². The maximum absolute atomic E-state index is 12.7. The van der Waals surface area contributed by atoms with E-state index >= 15 is 0 Å². The van der Waals surface area contributed by atoms with E-state index < -0.39 is 0 Å². The molecule has 8 nitrogen and oxygen atoms in total. The summed E-state index contributed by atoms with van der Waals surface area (Å²) in [6, 6.07) is 9.49. The molecule has 0 saturated carbocycles. The summed E-state index contributed by atoms with van der Waals surface area (Å²) in [6.07, 6.45) is 4.09. The molecule has 3 heterocycles. The van der Waals surface area contributed by atoms with E-state index in [1.54, 1.807) is 6.33 Å². The van der Waals surface area contributed by atoms with Crippen molar-refractivity contribution >= 4 is 23.4 Å². The molecule has 2 amide bonds. The molecule has 1 aromatic carbocycles. The summed E-state index contributed by atoms with van der Waals surface area (Å²) in [6.45, 7) is 7.40. The number of carbonyl (C=O) groups is 1. The van der Waals surface area contributed by atoms with Gasteiger partial charge in [0.2, 0.25) is 0 Å². The lowest BCUT2D eigenvalue weighted by atomic mass is 10.3. The molecule has 0 spiro atoms. The second kappa shape index (κ2) is 8.98. The molecule has 2 aliphatic heterocycles. The van der Waals surface area contributed by atoms with Crippen molar-refractivity contribution in [3.05, 3.63) is 36.7 Å². The van der Waals surface area contributed by atoms with Crippen LogP contribution in [-0.4, -0.2) is 66.8 Å². The molecule has 2 aromatic rings. The summed E-state index contributed by atoms with van der Waals surface area (Å²) in [5, 5.41) is 2.98. The van der Waals surface area contributed by atoms with Gasteiger partial charge in [0.15, 0.2) is 0 Å². The third-order valence-electron chi connectivity index (χ3n) is 5.39. The van der Waals surface area contributed by atoms with Crippen LogP contribution in [0.25, 0.3) is 0 Å². The third-order valence-corrected chi connectivity index (χ3v) is 5.39. The van der Waals surface area contributed by atoms with Gasteiger partial charge in [-0.05, 0) is 31.9 Å². The zero-order chi connectivity index (χ0) is 20.1. The third kappa shape index (κ3) is 4.52. The lowest BCUT2D eigenvalue weighted by Gasteiger charge is -2.35. The Kier molecular flexibility index (Phi) is 5.97. The Balaban J connectivity index is 1.35. The molecule has 8 heteroatoms. The smallest absolute Gasteiger partial charge is 0.322 e. The van der Waals surface area contributed by atoms with Crippen LogP contribution >= 0.6 is 0 Å². The van der Waals surface area contributed by atoms with Crippen molar-refractivity contribution in [2.45, 2.75) is 19.8 Å². The highest BCUT2D eigenvalue weighted by molar-refractivity contribution is 5.91. The van der Waals surface area contributed by atoms with Crippen molar-refractivity contribution in [1.82, 2.24) is 14.9 Å². The van der Waals surface area contributed by atoms with Crippen LogP contribution in [0.2, 0.25) is 0 Å². The Bertz CT molecular complexity index is 831. The molecule has 0 bridgehead atoms. The number of nitrogens with one attached hydrogen (secondary N) is 1. The number of anilines is 3. The Labute approximate surface area is 171 Å². The second-order valence-electron chi connectivity index (χ2n) is 7.26. The van der Waals surface area contributed by atoms with Crippen LogP contribution in [0.3, 0.4) is 0 Å². The van der Waals surface area contributed by atoms with Crippen molar-refractivity contribution in [2.75, 3.05) is 61.0 Å². The normalized spacial score (nSPS) is 16.8. The number of hydrogen-bond donors (Lipinski definition) is 1. The number of ether oxygens (including phenoxy) is 1. The van der Waals surface area contributed by atoms with Crippen LogP contribution in [0, 0.1) is 0 Å². The molecule has 0 radical (unpaired) electrons. The van der Waals surface area contributed by atoms with E-state index in [1.165, 1.54) is 12.8 Å². The largest absolute Gasteiger partial charge is 0.492 e. The molecule has 4 rings (SSSR count). The number of benzene rings is 1. The summed E-state index contributed by atoms with van der Waals surface area (Å²) in [5.41, 5.74) is 0.702. The number of rotatable bonds is 5. The quantitative estimate of drug-likeness (QED) is 0.838. The van der Waals surface area contributed by atoms with E-state index in [2.05, 4.69) is 31.2 Å². The number of hydrogen-bond acceptors (Lipinski definition) is 6. The van der Waals surface area contributed by atoms with Crippen LogP contribution in [0.15, 0.2) is 36.7 Å². The summed E-state index contributed by atoms with van der Waals surface area (Å²) >= 11 is 0. The van der Waals surface area contributed by atoms with Gasteiger partial charge in [-0.2, -0.15) is 0 Å². The van der Waals surface area contributed by atoms with E-state index in [1.807, 2.05) is 36.1 Å². The van der Waals surface area contributed by atoms with Gasteiger partial charge >= 0.3 is 6.03 Å². The van der Waals surface area contributed by atoms with Crippen molar-refractivity contribution in [1.29, 1.82) is 0 Å². The van der Waals surface area contributed by atoms with Gasteiger partial charge in [0.25, 0.3) is 0 Å². The monoisotopic (exact) mass is 396 g/mol. The number of urea groups is 1. The minimum absolute atomic E-state index is 0.0998. The SMILES string of the molecule is CCOc1ccccc1NC(=O)N1CCN(c2cc(N3CCCC3)ncn2)CC1. The summed E-state index contributed by atoms with van der Waals surface area (Å²) < 4.78 is 5.59. The highest BCUT2D eigenvalue weighted by atomic mass is 16.5.